The van der Waals surface area contributed by atoms with Crippen LogP contribution in [0.5, 0.6) is 0 Å². The van der Waals surface area contributed by atoms with Gasteiger partial charge in [-0.05, 0) is 19.1 Å². The Hall–Kier alpha value is -1.30. The highest BCUT2D eigenvalue weighted by atomic mass is 16.7. The second-order valence-electron chi connectivity index (χ2n) is 4.89. The van der Waals surface area contributed by atoms with E-state index in [1.54, 1.807) is 14.2 Å². The molecule has 2 rings (SSSR count). The van der Waals surface area contributed by atoms with Gasteiger partial charge in [-0.25, -0.2) is 0 Å². The van der Waals surface area contributed by atoms with Gasteiger partial charge < -0.3 is 24.4 Å². The number of anilines is 2. The zero-order valence-electron chi connectivity index (χ0n) is 12.5. The van der Waals surface area contributed by atoms with Gasteiger partial charge in [-0.2, -0.15) is 0 Å². The number of ether oxygens (including phenoxy) is 3. The topological polar surface area (TPSA) is 43.0 Å². The van der Waals surface area contributed by atoms with E-state index in [4.69, 9.17) is 14.2 Å². The quantitative estimate of drug-likeness (QED) is 0.807. The third kappa shape index (κ3) is 3.62. The van der Waals surface area contributed by atoms with Crippen molar-refractivity contribution in [2.45, 2.75) is 19.3 Å². The number of para-hydroxylation sites is 2. The van der Waals surface area contributed by atoms with Gasteiger partial charge in [0.15, 0.2) is 6.29 Å². The van der Waals surface area contributed by atoms with Crippen LogP contribution in [0.15, 0.2) is 24.3 Å². The maximum Gasteiger partial charge on any atom is 0.176 e. The molecule has 1 atom stereocenters. The highest BCUT2D eigenvalue weighted by molar-refractivity contribution is 5.70. The van der Waals surface area contributed by atoms with Gasteiger partial charge >= 0.3 is 0 Å². The molecule has 0 aromatic heterocycles. The van der Waals surface area contributed by atoms with Crippen molar-refractivity contribution in [3.8, 4) is 0 Å². The van der Waals surface area contributed by atoms with E-state index in [1.165, 1.54) is 5.69 Å². The van der Waals surface area contributed by atoms with E-state index in [0.29, 0.717) is 0 Å². The first-order valence-electron chi connectivity index (χ1n) is 7.00. The van der Waals surface area contributed by atoms with Crippen molar-refractivity contribution in [1.82, 2.24) is 0 Å². The summed E-state index contributed by atoms with van der Waals surface area (Å²) in [4.78, 5) is 2.34. The third-order valence-corrected chi connectivity index (χ3v) is 3.51. The number of nitrogens with zero attached hydrogens (tertiary/aromatic N) is 1. The fraction of sp³-hybridized carbons (Fsp3) is 0.600. The highest BCUT2D eigenvalue weighted by Crippen LogP contribution is 2.27. The van der Waals surface area contributed by atoms with E-state index in [9.17, 15) is 0 Å². The second-order valence-corrected chi connectivity index (χ2v) is 4.89. The van der Waals surface area contributed by atoms with Gasteiger partial charge in [-0.3, -0.25) is 0 Å². The van der Waals surface area contributed by atoms with Crippen molar-refractivity contribution >= 4 is 11.4 Å². The minimum atomic E-state index is -0.271. The summed E-state index contributed by atoms with van der Waals surface area (Å²) in [5, 5.41) is 3.48. The molecule has 0 amide bonds. The normalized spacial score (nSPS) is 17.3. The molecule has 1 unspecified atom stereocenters. The van der Waals surface area contributed by atoms with Crippen LogP contribution in [-0.2, 0) is 14.2 Å². The fourth-order valence-electron chi connectivity index (χ4n) is 2.49. The van der Waals surface area contributed by atoms with E-state index in [-0.39, 0.29) is 12.3 Å². The van der Waals surface area contributed by atoms with E-state index in [2.05, 4.69) is 28.4 Å². The Morgan fingerprint density at radius 2 is 1.80 bits per heavy atom. The number of rotatable bonds is 6. The van der Waals surface area contributed by atoms with Gasteiger partial charge in [-0.15, -0.1) is 0 Å². The summed E-state index contributed by atoms with van der Waals surface area (Å²) in [6.45, 7) is 5.45. The maximum atomic E-state index is 5.41. The number of hydrogen-bond donors (Lipinski definition) is 1. The SMILES string of the molecule is COC(OC)C(C)Nc1ccccc1N1CCOCC1. The standard InChI is InChI=1S/C15H24N2O3/c1-12(15(18-2)19-3)16-13-6-4-5-7-14(13)17-8-10-20-11-9-17/h4-7,12,15-16H,8-11H2,1-3H3. The van der Waals surface area contributed by atoms with Crippen LogP contribution in [0.2, 0.25) is 0 Å². The van der Waals surface area contributed by atoms with Crippen LogP contribution in [0.3, 0.4) is 0 Å². The predicted octanol–water partition coefficient (Wildman–Crippen LogP) is 1.94. The lowest BCUT2D eigenvalue weighted by Crippen LogP contribution is -2.38. The molecule has 1 aliphatic rings. The molecular weight excluding hydrogens is 256 g/mol. The van der Waals surface area contributed by atoms with E-state index >= 15 is 0 Å². The van der Waals surface area contributed by atoms with Gasteiger partial charge in [0.1, 0.15) is 0 Å². The molecule has 0 spiro atoms. The van der Waals surface area contributed by atoms with E-state index in [1.807, 2.05) is 13.0 Å². The Bertz CT molecular complexity index is 404. The van der Waals surface area contributed by atoms with Gasteiger partial charge in [0.2, 0.25) is 0 Å². The zero-order chi connectivity index (χ0) is 14.4. The first kappa shape index (κ1) is 15.1. The zero-order valence-corrected chi connectivity index (χ0v) is 12.5. The Morgan fingerprint density at radius 1 is 1.15 bits per heavy atom. The van der Waals surface area contributed by atoms with Crippen LogP contribution in [0.25, 0.3) is 0 Å². The number of morpholine rings is 1. The number of methoxy groups -OCH3 is 2. The Balaban J connectivity index is 2.10. The molecule has 1 fully saturated rings. The molecule has 112 valence electrons. The molecule has 0 bridgehead atoms. The lowest BCUT2D eigenvalue weighted by Gasteiger charge is -2.32. The Morgan fingerprint density at radius 3 is 2.45 bits per heavy atom. The molecule has 0 radical (unpaired) electrons. The molecule has 1 aromatic carbocycles. The molecule has 1 aromatic rings. The molecule has 1 saturated heterocycles. The molecule has 1 heterocycles. The summed E-state index contributed by atoms with van der Waals surface area (Å²) in [7, 11) is 3.31. The molecular formula is C15H24N2O3. The van der Waals surface area contributed by atoms with E-state index < -0.39 is 0 Å². The van der Waals surface area contributed by atoms with Crippen LogP contribution >= 0.6 is 0 Å². The largest absolute Gasteiger partial charge is 0.378 e. The van der Waals surface area contributed by atoms with Crippen molar-refractivity contribution in [3.63, 3.8) is 0 Å². The molecule has 1 N–H and O–H groups in total. The van der Waals surface area contributed by atoms with Gasteiger partial charge in [0.05, 0.1) is 30.6 Å². The number of benzene rings is 1. The fourth-order valence-corrected chi connectivity index (χ4v) is 2.49. The van der Waals surface area contributed by atoms with Crippen molar-refractivity contribution in [2.24, 2.45) is 0 Å². The molecule has 5 nitrogen and oxygen atoms in total. The van der Waals surface area contributed by atoms with Crippen LogP contribution in [-0.4, -0.2) is 52.9 Å². The number of hydrogen-bond acceptors (Lipinski definition) is 5. The summed E-state index contributed by atoms with van der Waals surface area (Å²) in [6.07, 6.45) is -0.271. The van der Waals surface area contributed by atoms with Crippen LogP contribution in [0.4, 0.5) is 11.4 Å². The van der Waals surface area contributed by atoms with Gasteiger partial charge in [0.25, 0.3) is 0 Å². The lowest BCUT2D eigenvalue weighted by molar-refractivity contribution is -0.109. The molecule has 5 heteroatoms. The number of nitrogens with one attached hydrogen (secondary N) is 1. The first-order valence-corrected chi connectivity index (χ1v) is 7.00. The molecule has 1 aliphatic heterocycles. The second kappa shape index (κ2) is 7.47. The average Bonchev–Trinajstić information content (AvgIpc) is 2.50. The van der Waals surface area contributed by atoms with Crippen molar-refractivity contribution in [2.75, 3.05) is 50.7 Å². The minimum absolute atomic E-state index is 0.0622. The summed E-state index contributed by atoms with van der Waals surface area (Å²) < 4.78 is 16.0. The molecule has 0 aliphatic carbocycles. The van der Waals surface area contributed by atoms with Crippen molar-refractivity contribution in [3.05, 3.63) is 24.3 Å². The monoisotopic (exact) mass is 280 g/mol. The Kier molecular flexibility index (Phi) is 5.64. The summed E-state index contributed by atoms with van der Waals surface area (Å²) in [5.41, 5.74) is 2.30. The highest BCUT2D eigenvalue weighted by Gasteiger charge is 2.19. The average molecular weight is 280 g/mol. The summed E-state index contributed by atoms with van der Waals surface area (Å²) >= 11 is 0. The minimum Gasteiger partial charge on any atom is -0.378 e. The smallest absolute Gasteiger partial charge is 0.176 e. The van der Waals surface area contributed by atoms with Crippen molar-refractivity contribution < 1.29 is 14.2 Å². The lowest BCUT2D eigenvalue weighted by atomic mass is 10.2. The predicted molar refractivity (Wildman–Crippen MR) is 80.4 cm³/mol. The molecule has 20 heavy (non-hydrogen) atoms. The van der Waals surface area contributed by atoms with Gasteiger partial charge in [-0.1, -0.05) is 12.1 Å². The maximum absolute atomic E-state index is 5.41. The summed E-state index contributed by atoms with van der Waals surface area (Å²) in [6, 6.07) is 8.38. The van der Waals surface area contributed by atoms with Crippen LogP contribution in [0, 0.1) is 0 Å². The first-order chi connectivity index (χ1) is 9.76. The molecule has 0 saturated carbocycles. The third-order valence-electron chi connectivity index (χ3n) is 3.51. The summed E-state index contributed by atoms with van der Waals surface area (Å²) in [5.74, 6) is 0. The van der Waals surface area contributed by atoms with Crippen molar-refractivity contribution in [1.29, 1.82) is 0 Å². The van der Waals surface area contributed by atoms with Gasteiger partial charge in [0, 0.05) is 27.3 Å². The van der Waals surface area contributed by atoms with Crippen LogP contribution < -0.4 is 10.2 Å². The van der Waals surface area contributed by atoms with E-state index in [0.717, 1.165) is 32.0 Å². The van der Waals surface area contributed by atoms with Crippen LogP contribution in [0.1, 0.15) is 6.92 Å². The Labute approximate surface area is 120 Å².